The van der Waals surface area contributed by atoms with E-state index in [-0.39, 0.29) is 12.8 Å². The summed E-state index contributed by atoms with van der Waals surface area (Å²) < 4.78 is 0.706. The van der Waals surface area contributed by atoms with Gasteiger partial charge in [0.15, 0.2) is 6.73 Å². The molecule has 1 rings (SSSR count). The molecule has 1 saturated heterocycles. The Morgan fingerprint density at radius 3 is 2.25 bits per heavy atom. The molecule has 3 nitrogen and oxygen atoms in total. The Morgan fingerprint density at radius 1 is 1.25 bits per heavy atom. The minimum absolute atomic E-state index is 0.185. The van der Waals surface area contributed by atoms with Crippen molar-refractivity contribution in [2.75, 3.05) is 26.4 Å². The van der Waals surface area contributed by atoms with E-state index in [1.165, 1.54) is 19.3 Å². The normalized spacial score (nSPS) is 25.2. The highest BCUT2D eigenvalue weighted by Gasteiger charge is 2.30. The molecule has 0 aromatic heterocycles. The minimum Gasteiger partial charge on any atom is -0.388 e. The van der Waals surface area contributed by atoms with Crippen LogP contribution in [0.25, 0.3) is 0 Å². The maximum absolute atomic E-state index is 9.27. The van der Waals surface area contributed by atoms with Crippen molar-refractivity contribution in [1.82, 2.24) is 0 Å². The summed E-state index contributed by atoms with van der Waals surface area (Å²) in [6.45, 7) is 4.74. The standard InChI is InChI=1S/C9H20NO2/c1-9(12)7-10(8-11)5-3-2-4-6-10/h9,11-12H,2-8H2,1H3/q+1. The van der Waals surface area contributed by atoms with Crippen LogP contribution in [0.2, 0.25) is 0 Å². The molecule has 1 atom stereocenters. The van der Waals surface area contributed by atoms with Crippen LogP contribution >= 0.6 is 0 Å². The van der Waals surface area contributed by atoms with Gasteiger partial charge in [0.25, 0.3) is 0 Å². The summed E-state index contributed by atoms with van der Waals surface area (Å²) in [5.74, 6) is 0. The number of rotatable bonds is 3. The largest absolute Gasteiger partial charge is 0.388 e. The maximum Gasteiger partial charge on any atom is 0.180 e. The Balaban J connectivity index is 2.48. The summed E-state index contributed by atoms with van der Waals surface area (Å²) in [5.41, 5.74) is 0. The van der Waals surface area contributed by atoms with Gasteiger partial charge in [-0.2, -0.15) is 0 Å². The van der Waals surface area contributed by atoms with E-state index >= 15 is 0 Å². The van der Waals surface area contributed by atoms with Crippen LogP contribution in [0.1, 0.15) is 26.2 Å². The van der Waals surface area contributed by atoms with Crippen LogP contribution in [0.15, 0.2) is 0 Å². The van der Waals surface area contributed by atoms with Crippen molar-refractivity contribution >= 4 is 0 Å². The highest BCUT2D eigenvalue weighted by atomic mass is 16.3. The molecular weight excluding hydrogens is 154 g/mol. The summed E-state index contributed by atoms with van der Waals surface area (Å²) in [6.07, 6.45) is 3.36. The lowest BCUT2D eigenvalue weighted by Gasteiger charge is -2.40. The number of hydrogen-bond acceptors (Lipinski definition) is 2. The van der Waals surface area contributed by atoms with Gasteiger partial charge >= 0.3 is 0 Å². The molecule has 12 heavy (non-hydrogen) atoms. The second-order valence-corrected chi connectivity index (χ2v) is 4.02. The highest BCUT2D eigenvalue weighted by molar-refractivity contribution is 4.54. The van der Waals surface area contributed by atoms with Crippen molar-refractivity contribution in [3.05, 3.63) is 0 Å². The Bertz CT molecular complexity index is 130. The molecule has 0 aromatic rings. The van der Waals surface area contributed by atoms with E-state index < -0.39 is 0 Å². The monoisotopic (exact) mass is 174 g/mol. The first-order chi connectivity index (χ1) is 5.68. The molecule has 2 N–H and O–H groups in total. The van der Waals surface area contributed by atoms with Crippen LogP contribution in [0.3, 0.4) is 0 Å². The van der Waals surface area contributed by atoms with Crippen molar-refractivity contribution in [3.63, 3.8) is 0 Å². The van der Waals surface area contributed by atoms with Crippen LogP contribution in [0, 0.1) is 0 Å². The number of piperidine rings is 1. The first-order valence-electron chi connectivity index (χ1n) is 4.82. The molecule has 72 valence electrons. The second kappa shape index (κ2) is 4.21. The fourth-order valence-corrected chi connectivity index (χ4v) is 2.13. The van der Waals surface area contributed by atoms with Crippen LogP contribution < -0.4 is 0 Å². The summed E-state index contributed by atoms with van der Waals surface area (Å²) >= 11 is 0. The van der Waals surface area contributed by atoms with E-state index in [1.54, 1.807) is 6.92 Å². The van der Waals surface area contributed by atoms with Crippen molar-refractivity contribution < 1.29 is 14.7 Å². The molecule has 1 unspecified atom stereocenters. The zero-order valence-corrected chi connectivity index (χ0v) is 7.87. The Labute approximate surface area is 74.2 Å². The zero-order chi connectivity index (χ0) is 9.03. The quantitative estimate of drug-likeness (QED) is 0.605. The smallest absolute Gasteiger partial charge is 0.180 e. The second-order valence-electron chi connectivity index (χ2n) is 4.02. The molecule has 0 radical (unpaired) electrons. The molecule has 1 aliphatic rings. The van der Waals surface area contributed by atoms with Crippen LogP contribution in [0.4, 0.5) is 0 Å². The molecule has 0 spiro atoms. The molecule has 3 heteroatoms. The maximum atomic E-state index is 9.27. The number of likely N-dealkylation sites (tertiary alicyclic amines) is 1. The average Bonchev–Trinajstić information content (AvgIpc) is 2.05. The predicted octanol–water partition coefficient (Wildman–Crippen LogP) is 0.318. The summed E-state index contributed by atoms with van der Waals surface area (Å²) in [7, 11) is 0. The fourth-order valence-electron chi connectivity index (χ4n) is 2.13. The topological polar surface area (TPSA) is 40.5 Å². The minimum atomic E-state index is -0.296. The highest BCUT2D eigenvalue weighted by Crippen LogP contribution is 2.18. The van der Waals surface area contributed by atoms with E-state index in [0.29, 0.717) is 11.0 Å². The van der Waals surface area contributed by atoms with E-state index in [4.69, 9.17) is 0 Å². The number of aliphatic hydroxyl groups excluding tert-OH is 2. The summed E-state index contributed by atoms with van der Waals surface area (Å²) in [5, 5.41) is 18.5. The average molecular weight is 174 g/mol. The lowest BCUT2D eigenvalue weighted by atomic mass is 10.1. The molecule has 0 aromatic carbocycles. The number of hydrogen-bond donors (Lipinski definition) is 2. The lowest BCUT2D eigenvalue weighted by molar-refractivity contribution is -0.951. The third-order valence-corrected chi connectivity index (χ3v) is 2.72. The molecule has 1 fully saturated rings. The number of aliphatic hydroxyl groups is 2. The number of nitrogens with zero attached hydrogens (tertiary/aromatic N) is 1. The van der Waals surface area contributed by atoms with Gasteiger partial charge in [-0.3, -0.25) is 4.48 Å². The van der Waals surface area contributed by atoms with E-state index in [9.17, 15) is 10.2 Å². The molecular formula is C9H20NO2+. The summed E-state index contributed by atoms with van der Waals surface area (Å²) in [4.78, 5) is 0. The van der Waals surface area contributed by atoms with Crippen molar-refractivity contribution in [1.29, 1.82) is 0 Å². The predicted molar refractivity (Wildman–Crippen MR) is 47.5 cm³/mol. The summed E-state index contributed by atoms with van der Waals surface area (Å²) in [6, 6.07) is 0. The van der Waals surface area contributed by atoms with Crippen LogP contribution in [-0.2, 0) is 0 Å². The SMILES string of the molecule is CC(O)C[N+]1(CO)CCCCC1. The van der Waals surface area contributed by atoms with Crippen molar-refractivity contribution in [3.8, 4) is 0 Å². The molecule has 0 aliphatic carbocycles. The third kappa shape index (κ3) is 2.44. The Hall–Kier alpha value is -0.120. The number of quaternary nitrogens is 1. The first-order valence-corrected chi connectivity index (χ1v) is 4.82. The van der Waals surface area contributed by atoms with E-state index in [1.807, 2.05) is 0 Å². The first kappa shape index (κ1) is 9.96. The third-order valence-electron chi connectivity index (χ3n) is 2.72. The van der Waals surface area contributed by atoms with Crippen LogP contribution in [0.5, 0.6) is 0 Å². The zero-order valence-electron chi connectivity index (χ0n) is 7.87. The van der Waals surface area contributed by atoms with Crippen molar-refractivity contribution in [2.24, 2.45) is 0 Å². The van der Waals surface area contributed by atoms with Gasteiger partial charge in [-0.05, 0) is 26.2 Å². The van der Waals surface area contributed by atoms with Gasteiger partial charge in [-0.15, -0.1) is 0 Å². The fraction of sp³-hybridized carbons (Fsp3) is 1.00. The van der Waals surface area contributed by atoms with Gasteiger partial charge in [0, 0.05) is 0 Å². The van der Waals surface area contributed by atoms with Gasteiger partial charge < -0.3 is 10.2 Å². The van der Waals surface area contributed by atoms with E-state index in [0.717, 1.165) is 13.1 Å². The lowest BCUT2D eigenvalue weighted by Crippen LogP contribution is -2.55. The molecule has 0 bridgehead atoms. The van der Waals surface area contributed by atoms with Gasteiger partial charge in [-0.25, -0.2) is 0 Å². The van der Waals surface area contributed by atoms with Gasteiger partial charge in [0.2, 0.25) is 0 Å². The molecule has 1 aliphatic heterocycles. The van der Waals surface area contributed by atoms with Gasteiger partial charge in [0.1, 0.15) is 12.6 Å². The van der Waals surface area contributed by atoms with Gasteiger partial charge in [0.05, 0.1) is 13.1 Å². The molecule has 0 saturated carbocycles. The van der Waals surface area contributed by atoms with Crippen LogP contribution in [-0.4, -0.2) is 47.2 Å². The Kier molecular flexibility index (Phi) is 3.50. The Morgan fingerprint density at radius 2 is 1.83 bits per heavy atom. The molecule has 0 amide bonds. The molecule has 1 heterocycles. The van der Waals surface area contributed by atoms with E-state index in [2.05, 4.69) is 0 Å². The van der Waals surface area contributed by atoms with Gasteiger partial charge in [-0.1, -0.05) is 0 Å². The van der Waals surface area contributed by atoms with Crippen molar-refractivity contribution in [2.45, 2.75) is 32.3 Å².